The fraction of sp³-hybridized carbons (Fsp3) is 0.364. The first-order valence-corrected chi connectivity index (χ1v) is 10.5. The lowest BCUT2D eigenvalue weighted by molar-refractivity contribution is -0.119. The van der Waals surface area contributed by atoms with Crippen molar-refractivity contribution in [3.05, 3.63) is 36.3 Å². The third-order valence-corrected chi connectivity index (χ3v) is 5.48. The van der Waals surface area contributed by atoms with Crippen LogP contribution in [0.3, 0.4) is 0 Å². The van der Waals surface area contributed by atoms with Crippen LogP contribution in [-0.2, 0) is 16.0 Å². The Kier molecular flexibility index (Phi) is 4.82. The number of pyridine rings is 1. The van der Waals surface area contributed by atoms with E-state index in [0.717, 1.165) is 11.1 Å². The van der Waals surface area contributed by atoms with Crippen LogP contribution in [0.5, 0.6) is 0 Å². The predicted molar refractivity (Wildman–Crippen MR) is 113 cm³/mol. The second-order valence-electron chi connectivity index (χ2n) is 7.91. The Hall–Kier alpha value is -3.80. The molecule has 31 heavy (non-hydrogen) atoms. The molecule has 1 N–H and O–H groups in total. The smallest absolute Gasteiger partial charge is 0.245 e. The number of anilines is 2. The Bertz CT molecular complexity index is 1220. The fourth-order valence-corrected chi connectivity index (χ4v) is 3.65. The molecule has 6 rings (SSSR count). The molecule has 9 heteroatoms. The van der Waals surface area contributed by atoms with Gasteiger partial charge >= 0.3 is 0 Å². The minimum absolute atomic E-state index is 0.0364. The number of amides is 2. The number of nitrogens with one attached hydrogen (secondary N) is 1. The van der Waals surface area contributed by atoms with Gasteiger partial charge in [0.15, 0.2) is 5.82 Å². The van der Waals surface area contributed by atoms with Gasteiger partial charge in [0.1, 0.15) is 17.3 Å². The molecule has 1 saturated heterocycles. The standard InChI is InChI=1S/C19H15N7O2.C3H6/c20-8-12-4-6-25(19(12)28)18-15-3-5-22-26(15)10-14(23-18)13-7-11-1-2-16(27)24-17(11)21-9-13;1-2-3-1/h3,5,7,9-10,12H,1-2,4,6H2,(H,21,24,27);1-3H2. The Morgan fingerprint density at radius 1 is 1.19 bits per heavy atom. The van der Waals surface area contributed by atoms with Crippen molar-refractivity contribution < 1.29 is 9.59 Å². The second-order valence-corrected chi connectivity index (χ2v) is 7.91. The van der Waals surface area contributed by atoms with Gasteiger partial charge in [-0.3, -0.25) is 14.5 Å². The number of nitriles is 1. The van der Waals surface area contributed by atoms with Crippen molar-refractivity contribution in [2.24, 2.45) is 5.92 Å². The van der Waals surface area contributed by atoms with Crippen molar-refractivity contribution in [1.29, 1.82) is 5.26 Å². The highest BCUT2D eigenvalue weighted by Gasteiger charge is 2.34. The van der Waals surface area contributed by atoms with Gasteiger partial charge in [-0.25, -0.2) is 14.5 Å². The van der Waals surface area contributed by atoms with Gasteiger partial charge in [-0.1, -0.05) is 19.3 Å². The summed E-state index contributed by atoms with van der Waals surface area (Å²) in [4.78, 5) is 34.7. The number of carbonyl (C=O) groups is 2. The number of carbonyl (C=O) groups excluding carboxylic acids is 2. The average molecular weight is 415 g/mol. The molecule has 3 aromatic heterocycles. The Morgan fingerprint density at radius 3 is 2.77 bits per heavy atom. The lowest BCUT2D eigenvalue weighted by Gasteiger charge is -2.18. The van der Waals surface area contributed by atoms with Crippen LogP contribution in [0.25, 0.3) is 16.8 Å². The maximum Gasteiger partial charge on any atom is 0.245 e. The summed E-state index contributed by atoms with van der Waals surface area (Å²) in [5.74, 6) is 0.158. The highest BCUT2D eigenvalue weighted by Crippen LogP contribution is 2.31. The maximum absolute atomic E-state index is 12.6. The predicted octanol–water partition coefficient (Wildman–Crippen LogP) is 2.72. The molecule has 1 saturated carbocycles. The average Bonchev–Trinajstić information content (AvgIpc) is 3.51. The number of aromatic nitrogens is 4. The SMILES string of the molecule is C1CC1.N#CC1CCN(c2nc(-c3cnc4c(c3)CCC(=O)N4)cn3nccc23)C1=O. The van der Waals surface area contributed by atoms with Gasteiger partial charge in [-0.05, 0) is 30.5 Å². The van der Waals surface area contributed by atoms with E-state index in [9.17, 15) is 9.59 Å². The topological polar surface area (TPSA) is 116 Å². The van der Waals surface area contributed by atoms with Gasteiger partial charge in [0.2, 0.25) is 11.8 Å². The van der Waals surface area contributed by atoms with Gasteiger partial charge in [0.05, 0.1) is 24.2 Å². The van der Waals surface area contributed by atoms with Gasteiger partial charge in [0.25, 0.3) is 0 Å². The van der Waals surface area contributed by atoms with Crippen LogP contribution in [0.1, 0.15) is 37.7 Å². The van der Waals surface area contributed by atoms with Crippen molar-refractivity contribution in [2.75, 3.05) is 16.8 Å². The largest absolute Gasteiger partial charge is 0.310 e. The van der Waals surface area contributed by atoms with Crippen LogP contribution in [0.15, 0.2) is 30.7 Å². The molecule has 2 fully saturated rings. The Labute approximate surface area is 178 Å². The van der Waals surface area contributed by atoms with Crippen LogP contribution < -0.4 is 10.2 Å². The summed E-state index contributed by atoms with van der Waals surface area (Å²) < 4.78 is 1.67. The van der Waals surface area contributed by atoms with Gasteiger partial charge < -0.3 is 5.32 Å². The molecule has 2 amide bonds. The van der Waals surface area contributed by atoms with Crippen molar-refractivity contribution in [1.82, 2.24) is 19.6 Å². The van der Waals surface area contributed by atoms with E-state index < -0.39 is 5.92 Å². The van der Waals surface area contributed by atoms with Gasteiger partial charge in [-0.2, -0.15) is 10.4 Å². The van der Waals surface area contributed by atoms with E-state index in [1.807, 2.05) is 6.07 Å². The maximum atomic E-state index is 12.6. The molecule has 5 heterocycles. The molecule has 0 radical (unpaired) electrons. The van der Waals surface area contributed by atoms with Crippen molar-refractivity contribution in [2.45, 2.75) is 38.5 Å². The number of fused-ring (bicyclic) bond motifs is 2. The molecule has 1 unspecified atom stereocenters. The summed E-state index contributed by atoms with van der Waals surface area (Å²) in [6, 6.07) is 5.80. The van der Waals surface area contributed by atoms with E-state index in [0.29, 0.717) is 48.7 Å². The third kappa shape index (κ3) is 3.72. The molecule has 9 nitrogen and oxygen atoms in total. The van der Waals surface area contributed by atoms with E-state index >= 15 is 0 Å². The van der Waals surface area contributed by atoms with E-state index in [4.69, 9.17) is 10.2 Å². The number of hydrogen-bond acceptors (Lipinski definition) is 6. The molecule has 0 spiro atoms. The first kappa shape index (κ1) is 19.2. The summed E-state index contributed by atoms with van der Waals surface area (Å²) in [6.45, 7) is 0.447. The summed E-state index contributed by atoms with van der Waals surface area (Å²) in [5, 5.41) is 16.2. The highest BCUT2D eigenvalue weighted by atomic mass is 16.2. The zero-order valence-corrected chi connectivity index (χ0v) is 16.9. The van der Waals surface area contributed by atoms with E-state index in [1.165, 1.54) is 19.3 Å². The van der Waals surface area contributed by atoms with E-state index in [2.05, 4.69) is 21.5 Å². The summed E-state index contributed by atoms with van der Waals surface area (Å²) in [6.07, 6.45) is 11.1. The summed E-state index contributed by atoms with van der Waals surface area (Å²) >= 11 is 0. The highest BCUT2D eigenvalue weighted by molar-refractivity contribution is 6.01. The van der Waals surface area contributed by atoms with Crippen molar-refractivity contribution in [3.8, 4) is 17.3 Å². The molecule has 1 atom stereocenters. The minimum Gasteiger partial charge on any atom is -0.310 e. The monoisotopic (exact) mass is 415 g/mol. The molecular weight excluding hydrogens is 394 g/mol. The van der Waals surface area contributed by atoms with Crippen LogP contribution in [0, 0.1) is 17.2 Å². The van der Waals surface area contributed by atoms with Gasteiger partial charge in [-0.15, -0.1) is 0 Å². The van der Waals surface area contributed by atoms with Crippen LogP contribution in [-0.4, -0.2) is 37.9 Å². The fourth-order valence-electron chi connectivity index (χ4n) is 3.65. The zero-order valence-electron chi connectivity index (χ0n) is 16.9. The molecular formula is C22H21N7O2. The Balaban J connectivity index is 0.000000628. The van der Waals surface area contributed by atoms with E-state index in [-0.39, 0.29) is 11.8 Å². The Morgan fingerprint density at radius 2 is 2.03 bits per heavy atom. The summed E-state index contributed by atoms with van der Waals surface area (Å²) in [5.41, 5.74) is 3.04. The molecule has 3 aromatic rings. The first-order chi connectivity index (χ1) is 15.1. The molecule has 2 aliphatic heterocycles. The molecule has 0 aromatic carbocycles. The van der Waals surface area contributed by atoms with Crippen LogP contribution >= 0.6 is 0 Å². The number of aryl methyl sites for hydroxylation is 1. The normalized spacial score (nSPS) is 19.3. The second kappa shape index (κ2) is 7.80. The van der Waals surface area contributed by atoms with Gasteiger partial charge in [0, 0.05) is 24.7 Å². The van der Waals surface area contributed by atoms with Crippen molar-refractivity contribution in [3.63, 3.8) is 0 Å². The van der Waals surface area contributed by atoms with Crippen molar-refractivity contribution >= 4 is 29.0 Å². The first-order valence-electron chi connectivity index (χ1n) is 10.5. The molecule has 0 bridgehead atoms. The zero-order chi connectivity index (χ0) is 21.4. The summed E-state index contributed by atoms with van der Waals surface area (Å²) in [7, 11) is 0. The number of nitrogens with zero attached hydrogens (tertiary/aromatic N) is 6. The third-order valence-electron chi connectivity index (χ3n) is 5.48. The lowest BCUT2D eigenvalue weighted by atomic mass is 10.0. The van der Waals surface area contributed by atoms with Crippen LogP contribution in [0.2, 0.25) is 0 Å². The number of hydrogen-bond donors (Lipinski definition) is 1. The lowest BCUT2D eigenvalue weighted by Crippen LogP contribution is -2.28. The minimum atomic E-state index is -0.637. The molecule has 1 aliphatic carbocycles. The van der Waals surface area contributed by atoms with Crippen LogP contribution in [0.4, 0.5) is 11.6 Å². The quantitative estimate of drug-likeness (QED) is 0.688. The number of rotatable bonds is 2. The molecule has 3 aliphatic rings. The molecule has 156 valence electrons. The van der Waals surface area contributed by atoms with E-state index in [1.54, 1.807) is 34.1 Å².